The van der Waals surface area contributed by atoms with Crippen LogP contribution in [0.25, 0.3) is 0 Å². The van der Waals surface area contributed by atoms with Crippen LogP contribution in [0, 0.1) is 5.92 Å². The standard InChI is InChI=1S/C13H18N2O4S2/c1-2-20(16,17)14-10-12-8-9-15(11-12)21(18,19)13-6-4-3-5-7-13/h2-7,12,14H,1,8-11H2/t12-/m1/s1. The first-order valence-corrected chi connectivity index (χ1v) is 9.51. The summed E-state index contributed by atoms with van der Waals surface area (Å²) in [6, 6.07) is 8.24. The number of benzene rings is 1. The van der Waals surface area contributed by atoms with Crippen LogP contribution in [0.15, 0.2) is 47.2 Å². The van der Waals surface area contributed by atoms with Gasteiger partial charge in [-0.25, -0.2) is 21.6 Å². The molecule has 1 aliphatic rings. The average molecular weight is 330 g/mol. The summed E-state index contributed by atoms with van der Waals surface area (Å²) >= 11 is 0. The summed E-state index contributed by atoms with van der Waals surface area (Å²) in [7, 11) is -6.96. The van der Waals surface area contributed by atoms with Gasteiger partial charge in [0, 0.05) is 25.0 Å². The van der Waals surface area contributed by atoms with Crippen molar-refractivity contribution in [1.82, 2.24) is 9.03 Å². The summed E-state index contributed by atoms with van der Waals surface area (Å²) in [5, 5.41) is 0.848. The second-order valence-corrected chi connectivity index (χ2v) is 8.54. The van der Waals surface area contributed by atoms with Crippen LogP contribution in [0.4, 0.5) is 0 Å². The van der Waals surface area contributed by atoms with Crippen molar-refractivity contribution in [3.63, 3.8) is 0 Å². The van der Waals surface area contributed by atoms with Crippen molar-refractivity contribution in [3.05, 3.63) is 42.3 Å². The maximum Gasteiger partial charge on any atom is 0.243 e. The van der Waals surface area contributed by atoms with Crippen molar-refractivity contribution in [2.45, 2.75) is 11.3 Å². The van der Waals surface area contributed by atoms with Gasteiger partial charge >= 0.3 is 0 Å². The van der Waals surface area contributed by atoms with E-state index >= 15 is 0 Å². The maximum absolute atomic E-state index is 12.4. The minimum absolute atomic E-state index is 0.0294. The molecule has 1 aromatic carbocycles. The first-order valence-electron chi connectivity index (χ1n) is 6.52. The Morgan fingerprint density at radius 3 is 2.52 bits per heavy atom. The highest BCUT2D eigenvalue weighted by atomic mass is 32.2. The Balaban J connectivity index is 2.01. The second kappa shape index (κ2) is 6.27. The lowest BCUT2D eigenvalue weighted by Crippen LogP contribution is -2.32. The Morgan fingerprint density at radius 2 is 1.90 bits per heavy atom. The molecule has 0 bridgehead atoms. The molecule has 1 aliphatic heterocycles. The summed E-state index contributed by atoms with van der Waals surface area (Å²) in [6.07, 6.45) is 0.631. The highest BCUT2D eigenvalue weighted by molar-refractivity contribution is 7.92. The van der Waals surface area contributed by atoms with E-state index in [0.717, 1.165) is 5.41 Å². The Bertz CT molecular complexity index is 699. The molecule has 0 aromatic heterocycles. The predicted octanol–water partition coefficient (Wildman–Crippen LogP) is 0.760. The maximum atomic E-state index is 12.4. The quantitative estimate of drug-likeness (QED) is 0.835. The van der Waals surface area contributed by atoms with Gasteiger partial charge in [0.2, 0.25) is 20.0 Å². The van der Waals surface area contributed by atoms with E-state index in [1.807, 2.05) is 0 Å². The molecule has 1 aromatic rings. The van der Waals surface area contributed by atoms with Gasteiger partial charge in [0.1, 0.15) is 0 Å². The van der Waals surface area contributed by atoms with Gasteiger partial charge in [-0.15, -0.1) is 0 Å². The zero-order valence-electron chi connectivity index (χ0n) is 11.5. The minimum Gasteiger partial charge on any atom is -0.211 e. The Hall–Kier alpha value is -1.22. The molecule has 1 heterocycles. The predicted molar refractivity (Wildman–Crippen MR) is 80.4 cm³/mol. The molecular weight excluding hydrogens is 312 g/mol. The molecule has 0 radical (unpaired) electrons. The van der Waals surface area contributed by atoms with Crippen LogP contribution in [0.2, 0.25) is 0 Å². The van der Waals surface area contributed by atoms with Crippen molar-refractivity contribution >= 4 is 20.0 Å². The molecule has 1 saturated heterocycles. The molecule has 0 aliphatic carbocycles. The molecule has 1 atom stereocenters. The molecule has 6 nitrogen and oxygen atoms in total. The fourth-order valence-electron chi connectivity index (χ4n) is 2.22. The summed E-state index contributed by atoms with van der Waals surface area (Å²) in [4.78, 5) is 0.261. The topological polar surface area (TPSA) is 83.6 Å². The van der Waals surface area contributed by atoms with Gasteiger partial charge in [-0.1, -0.05) is 24.8 Å². The molecule has 116 valence electrons. The molecule has 0 unspecified atom stereocenters. The van der Waals surface area contributed by atoms with Crippen LogP contribution in [-0.2, 0) is 20.0 Å². The molecule has 1 fully saturated rings. The number of hydrogen-bond acceptors (Lipinski definition) is 4. The molecule has 2 rings (SSSR count). The smallest absolute Gasteiger partial charge is 0.211 e. The van der Waals surface area contributed by atoms with Crippen LogP contribution in [0.1, 0.15) is 6.42 Å². The van der Waals surface area contributed by atoms with Gasteiger partial charge in [-0.3, -0.25) is 0 Å². The van der Waals surface area contributed by atoms with Crippen LogP contribution >= 0.6 is 0 Å². The Morgan fingerprint density at radius 1 is 1.24 bits per heavy atom. The van der Waals surface area contributed by atoms with Crippen LogP contribution < -0.4 is 4.72 Å². The van der Waals surface area contributed by atoms with E-state index < -0.39 is 20.0 Å². The number of nitrogens with one attached hydrogen (secondary N) is 1. The number of sulfonamides is 2. The van der Waals surface area contributed by atoms with E-state index in [-0.39, 0.29) is 17.4 Å². The van der Waals surface area contributed by atoms with E-state index in [1.165, 1.54) is 4.31 Å². The normalized spacial score (nSPS) is 20.5. The summed E-state index contributed by atoms with van der Waals surface area (Å²) in [6.45, 7) is 4.15. The molecular formula is C13H18N2O4S2. The third kappa shape index (κ3) is 3.91. The largest absolute Gasteiger partial charge is 0.243 e. The van der Waals surface area contributed by atoms with Gasteiger partial charge in [0.25, 0.3) is 0 Å². The first kappa shape index (κ1) is 16.2. The van der Waals surface area contributed by atoms with E-state index in [9.17, 15) is 16.8 Å². The lowest BCUT2D eigenvalue weighted by Gasteiger charge is -2.16. The van der Waals surface area contributed by atoms with E-state index in [4.69, 9.17) is 0 Å². The summed E-state index contributed by atoms with van der Waals surface area (Å²) in [5.41, 5.74) is 0. The molecule has 0 saturated carbocycles. The van der Waals surface area contributed by atoms with E-state index in [2.05, 4.69) is 11.3 Å². The summed E-state index contributed by atoms with van der Waals surface area (Å²) in [5.74, 6) is -0.0294. The third-order valence-corrected chi connectivity index (χ3v) is 6.31. The monoisotopic (exact) mass is 330 g/mol. The van der Waals surface area contributed by atoms with Gasteiger partial charge in [0.15, 0.2) is 0 Å². The summed E-state index contributed by atoms with van der Waals surface area (Å²) < 4.78 is 51.2. The lowest BCUT2D eigenvalue weighted by atomic mass is 10.1. The minimum atomic E-state index is -3.50. The van der Waals surface area contributed by atoms with Crippen molar-refractivity contribution in [2.24, 2.45) is 5.92 Å². The van der Waals surface area contributed by atoms with Crippen LogP contribution in [0.3, 0.4) is 0 Å². The van der Waals surface area contributed by atoms with Gasteiger partial charge in [0.05, 0.1) is 4.90 Å². The molecule has 0 spiro atoms. The van der Waals surface area contributed by atoms with Crippen LogP contribution in [-0.4, -0.2) is 40.8 Å². The third-order valence-electron chi connectivity index (χ3n) is 3.42. The number of hydrogen-bond donors (Lipinski definition) is 1. The Labute approximate surface area is 125 Å². The van der Waals surface area contributed by atoms with E-state index in [1.54, 1.807) is 30.3 Å². The van der Waals surface area contributed by atoms with Crippen LogP contribution in [0.5, 0.6) is 0 Å². The number of rotatable bonds is 6. The first-order chi connectivity index (χ1) is 9.85. The second-order valence-electron chi connectivity index (χ2n) is 4.89. The molecule has 21 heavy (non-hydrogen) atoms. The fourth-order valence-corrected chi connectivity index (χ4v) is 4.35. The highest BCUT2D eigenvalue weighted by Gasteiger charge is 2.32. The zero-order chi connectivity index (χ0) is 15.5. The SMILES string of the molecule is C=CS(=O)(=O)NC[C@H]1CCN(S(=O)(=O)c2ccccc2)C1. The highest BCUT2D eigenvalue weighted by Crippen LogP contribution is 2.23. The molecule has 0 amide bonds. The lowest BCUT2D eigenvalue weighted by molar-refractivity contribution is 0.455. The molecule has 8 heteroatoms. The zero-order valence-corrected chi connectivity index (χ0v) is 13.1. The van der Waals surface area contributed by atoms with Gasteiger partial charge in [-0.05, 0) is 24.5 Å². The van der Waals surface area contributed by atoms with E-state index in [0.29, 0.717) is 19.5 Å². The Kier molecular flexibility index (Phi) is 4.82. The average Bonchev–Trinajstić information content (AvgIpc) is 2.96. The van der Waals surface area contributed by atoms with Crippen molar-refractivity contribution in [1.29, 1.82) is 0 Å². The van der Waals surface area contributed by atoms with Crippen molar-refractivity contribution in [2.75, 3.05) is 19.6 Å². The van der Waals surface area contributed by atoms with Gasteiger partial charge in [-0.2, -0.15) is 4.31 Å². The van der Waals surface area contributed by atoms with Gasteiger partial charge < -0.3 is 0 Å². The fraction of sp³-hybridized carbons (Fsp3) is 0.385. The van der Waals surface area contributed by atoms with Crippen molar-refractivity contribution in [3.8, 4) is 0 Å². The number of nitrogens with zero attached hydrogens (tertiary/aromatic N) is 1. The molecule has 1 N–H and O–H groups in total. The van der Waals surface area contributed by atoms with Crippen molar-refractivity contribution < 1.29 is 16.8 Å².